The molecule has 0 unspecified atom stereocenters. The highest BCUT2D eigenvalue weighted by molar-refractivity contribution is 6.51. The minimum Gasteiger partial charge on any atom is -0.323 e. The third-order valence-electron chi connectivity index (χ3n) is 3.93. The van der Waals surface area contributed by atoms with Gasteiger partial charge >= 0.3 is 0 Å². The summed E-state index contributed by atoms with van der Waals surface area (Å²) in [7, 11) is 0. The van der Waals surface area contributed by atoms with E-state index in [-0.39, 0.29) is 0 Å². The number of rotatable bonds is 2. The number of fused-ring (bicyclic) bond motifs is 1. The number of nitrogens with zero attached hydrogens (tertiary/aromatic N) is 3. The van der Waals surface area contributed by atoms with Crippen molar-refractivity contribution in [3.8, 4) is 0 Å². The zero-order chi connectivity index (χ0) is 14.7. The highest BCUT2D eigenvalue weighted by atomic mass is 15.2. The summed E-state index contributed by atoms with van der Waals surface area (Å²) in [6, 6.07) is 8.64. The molecule has 1 aromatic rings. The molecule has 0 atom stereocenters. The molecular weight excluding hydrogens is 262 g/mol. The summed E-state index contributed by atoms with van der Waals surface area (Å²) in [6.07, 6.45) is 6.94. The SMILES string of the molecule is NN=C1C=CC(CN2CCc3ccccc3C2)=CC1=NN. The van der Waals surface area contributed by atoms with Gasteiger partial charge in [0.2, 0.25) is 0 Å². The molecule has 1 aliphatic carbocycles. The Morgan fingerprint density at radius 2 is 1.76 bits per heavy atom. The van der Waals surface area contributed by atoms with Crippen LogP contribution in [0.2, 0.25) is 0 Å². The third-order valence-corrected chi connectivity index (χ3v) is 3.93. The van der Waals surface area contributed by atoms with Crippen LogP contribution < -0.4 is 11.7 Å². The van der Waals surface area contributed by atoms with Crippen LogP contribution in [0.1, 0.15) is 11.1 Å². The van der Waals surface area contributed by atoms with Crippen LogP contribution in [0.5, 0.6) is 0 Å². The average Bonchev–Trinajstić information content (AvgIpc) is 2.54. The molecule has 1 aromatic carbocycles. The summed E-state index contributed by atoms with van der Waals surface area (Å²) < 4.78 is 0. The predicted molar refractivity (Wildman–Crippen MR) is 85.9 cm³/mol. The maximum Gasteiger partial charge on any atom is 0.110 e. The van der Waals surface area contributed by atoms with Crippen LogP contribution in [0, 0.1) is 0 Å². The van der Waals surface area contributed by atoms with Crippen molar-refractivity contribution in [3.63, 3.8) is 0 Å². The van der Waals surface area contributed by atoms with E-state index in [2.05, 4.69) is 39.4 Å². The summed E-state index contributed by atoms with van der Waals surface area (Å²) in [5.74, 6) is 10.7. The first-order valence-electron chi connectivity index (χ1n) is 7.04. The predicted octanol–water partition coefficient (Wildman–Crippen LogP) is 1.17. The Morgan fingerprint density at radius 3 is 2.52 bits per heavy atom. The van der Waals surface area contributed by atoms with E-state index in [4.69, 9.17) is 11.7 Å². The fourth-order valence-corrected chi connectivity index (χ4v) is 2.83. The molecule has 0 bridgehead atoms. The minimum atomic E-state index is 0.616. The number of hydrogen-bond acceptors (Lipinski definition) is 5. The first-order valence-corrected chi connectivity index (χ1v) is 7.04. The molecule has 3 rings (SSSR count). The van der Waals surface area contributed by atoms with E-state index in [1.54, 1.807) is 0 Å². The van der Waals surface area contributed by atoms with Gasteiger partial charge in [-0.1, -0.05) is 30.3 Å². The molecule has 2 aliphatic rings. The van der Waals surface area contributed by atoms with Gasteiger partial charge in [0.25, 0.3) is 0 Å². The van der Waals surface area contributed by atoms with Crippen LogP contribution in [0.4, 0.5) is 0 Å². The van der Waals surface area contributed by atoms with Crippen molar-refractivity contribution < 1.29 is 0 Å². The fourth-order valence-electron chi connectivity index (χ4n) is 2.83. The van der Waals surface area contributed by atoms with Crippen molar-refractivity contribution in [2.24, 2.45) is 21.9 Å². The molecular formula is C16H19N5. The van der Waals surface area contributed by atoms with Crippen molar-refractivity contribution in [3.05, 3.63) is 59.2 Å². The molecule has 5 heteroatoms. The van der Waals surface area contributed by atoms with Gasteiger partial charge in [-0.3, -0.25) is 4.90 Å². The molecule has 0 radical (unpaired) electrons. The van der Waals surface area contributed by atoms with Gasteiger partial charge in [-0.25, -0.2) is 0 Å². The number of hydrogen-bond donors (Lipinski definition) is 2. The van der Waals surface area contributed by atoms with Crippen molar-refractivity contribution in [2.45, 2.75) is 13.0 Å². The summed E-state index contributed by atoms with van der Waals surface area (Å²) in [6.45, 7) is 2.92. The molecule has 0 amide bonds. The van der Waals surface area contributed by atoms with Crippen LogP contribution in [0.3, 0.4) is 0 Å². The highest BCUT2D eigenvalue weighted by Gasteiger charge is 2.18. The normalized spacial score (nSPS) is 22.4. The van der Waals surface area contributed by atoms with Gasteiger partial charge in [0.15, 0.2) is 0 Å². The largest absolute Gasteiger partial charge is 0.323 e. The first kappa shape index (κ1) is 13.6. The number of allylic oxidation sites excluding steroid dienone is 2. The molecule has 4 N–H and O–H groups in total. The van der Waals surface area contributed by atoms with E-state index in [1.165, 1.54) is 16.7 Å². The quantitative estimate of drug-likeness (QED) is 0.485. The number of benzene rings is 1. The van der Waals surface area contributed by atoms with Crippen molar-refractivity contribution in [2.75, 3.05) is 13.1 Å². The third kappa shape index (κ3) is 2.87. The molecule has 1 heterocycles. The summed E-state index contributed by atoms with van der Waals surface area (Å²) in [5.41, 5.74) is 5.30. The lowest BCUT2D eigenvalue weighted by Gasteiger charge is -2.29. The second-order valence-electron chi connectivity index (χ2n) is 5.31. The van der Waals surface area contributed by atoms with Gasteiger partial charge < -0.3 is 11.7 Å². The molecule has 0 fully saturated rings. The van der Waals surface area contributed by atoms with Crippen molar-refractivity contribution >= 4 is 11.4 Å². The smallest absolute Gasteiger partial charge is 0.110 e. The monoisotopic (exact) mass is 281 g/mol. The van der Waals surface area contributed by atoms with Gasteiger partial charge in [-0.05, 0) is 35.3 Å². The lowest BCUT2D eigenvalue weighted by Crippen LogP contribution is -2.32. The van der Waals surface area contributed by atoms with Crippen LogP contribution in [-0.4, -0.2) is 29.4 Å². The standard InChI is InChI=1S/C16H19N5/c17-19-15-6-5-12(9-16(15)20-18)10-21-8-7-13-3-1-2-4-14(13)11-21/h1-6,9H,7-8,10-11,17-18H2. The van der Waals surface area contributed by atoms with E-state index in [1.807, 2.05) is 18.2 Å². The Kier molecular flexibility index (Phi) is 3.83. The lowest BCUT2D eigenvalue weighted by atomic mass is 9.98. The van der Waals surface area contributed by atoms with Crippen molar-refractivity contribution in [1.29, 1.82) is 0 Å². The molecule has 0 aromatic heterocycles. The average molecular weight is 281 g/mol. The lowest BCUT2D eigenvalue weighted by molar-refractivity contribution is 0.277. The van der Waals surface area contributed by atoms with Gasteiger partial charge in [-0.15, -0.1) is 0 Å². The zero-order valence-electron chi connectivity index (χ0n) is 11.9. The van der Waals surface area contributed by atoms with E-state index in [9.17, 15) is 0 Å². The molecule has 1 aliphatic heterocycles. The Balaban J connectivity index is 1.72. The van der Waals surface area contributed by atoms with Gasteiger partial charge in [-0.2, -0.15) is 10.2 Å². The zero-order valence-corrected chi connectivity index (χ0v) is 11.9. The van der Waals surface area contributed by atoms with E-state index < -0.39 is 0 Å². The molecule has 108 valence electrons. The van der Waals surface area contributed by atoms with Crippen LogP contribution in [-0.2, 0) is 13.0 Å². The van der Waals surface area contributed by atoms with Gasteiger partial charge in [0, 0.05) is 19.6 Å². The molecule has 5 nitrogen and oxygen atoms in total. The molecule has 0 saturated carbocycles. The van der Waals surface area contributed by atoms with E-state index in [0.717, 1.165) is 26.1 Å². The maximum atomic E-state index is 5.39. The minimum absolute atomic E-state index is 0.616. The Bertz CT molecular complexity index is 654. The van der Waals surface area contributed by atoms with Crippen LogP contribution >= 0.6 is 0 Å². The van der Waals surface area contributed by atoms with Crippen molar-refractivity contribution in [1.82, 2.24) is 4.90 Å². The van der Waals surface area contributed by atoms with E-state index in [0.29, 0.717) is 11.4 Å². The Labute approximate surface area is 124 Å². The second-order valence-corrected chi connectivity index (χ2v) is 5.31. The van der Waals surface area contributed by atoms with Crippen LogP contribution in [0.15, 0.2) is 58.3 Å². The first-order chi connectivity index (χ1) is 10.3. The number of hydrazone groups is 2. The Morgan fingerprint density at radius 1 is 1.00 bits per heavy atom. The second kappa shape index (κ2) is 5.93. The maximum absolute atomic E-state index is 5.39. The molecule has 21 heavy (non-hydrogen) atoms. The van der Waals surface area contributed by atoms with Gasteiger partial charge in [0.1, 0.15) is 11.4 Å². The summed E-state index contributed by atoms with van der Waals surface area (Å²) in [4.78, 5) is 2.43. The number of nitrogens with two attached hydrogens (primary N) is 2. The Hall–Kier alpha value is -2.40. The molecule has 0 spiro atoms. The highest BCUT2D eigenvalue weighted by Crippen LogP contribution is 2.20. The summed E-state index contributed by atoms with van der Waals surface area (Å²) in [5, 5.41) is 7.41. The van der Waals surface area contributed by atoms with Crippen LogP contribution in [0.25, 0.3) is 0 Å². The van der Waals surface area contributed by atoms with E-state index >= 15 is 0 Å². The molecule has 0 saturated heterocycles. The fraction of sp³-hybridized carbons (Fsp3) is 0.250. The summed E-state index contributed by atoms with van der Waals surface area (Å²) >= 11 is 0. The van der Waals surface area contributed by atoms with Gasteiger partial charge in [0.05, 0.1) is 0 Å². The topological polar surface area (TPSA) is 80.0 Å².